The van der Waals surface area contributed by atoms with Gasteiger partial charge >= 0.3 is 6.03 Å². The van der Waals surface area contributed by atoms with Gasteiger partial charge in [0.05, 0.1) is 36.3 Å². The van der Waals surface area contributed by atoms with Crippen LogP contribution in [-0.2, 0) is 25.1 Å². The zero-order valence-electron chi connectivity index (χ0n) is 19.1. The van der Waals surface area contributed by atoms with E-state index in [-0.39, 0.29) is 28.9 Å². The molecule has 0 radical (unpaired) electrons. The number of anilines is 2. The van der Waals surface area contributed by atoms with Crippen molar-refractivity contribution in [1.82, 2.24) is 15.3 Å². The second-order valence-electron chi connectivity index (χ2n) is 8.76. The first-order chi connectivity index (χ1) is 15.5. The van der Waals surface area contributed by atoms with Gasteiger partial charge in [0.15, 0.2) is 15.7 Å². The Kier molecular flexibility index (Phi) is 6.04. The molecule has 33 heavy (non-hydrogen) atoms. The number of fused-ring (bicyclic) bond motifs is 1. The van der Waals surface area contributed by atoms with Gasteiger partial charge in [0, 0.05) is 24.3 Å². The summed E-state index contributed by atoms with van der Waals surface area (Å²) in [5.74, 6) is -0.171. The number of sulfone groups is 1. The summed E-state index contributed by atoms with van der Waals surface area (Å²) < 4.78 is 45.3. The molecule has 11 heteroatoms. The van der Waals surface area contributed by atoms with E-state index in [2.05, 4.69) is 20.6 Å². The van der Waals surface area contributed by atoms with Gasteiger partial charge in [-0.2, -0.15) is 0 Å². The van der Waals surface area contributed by atoms with E-state index >= 15 is 4.39 Å². The van der Waals surface area contributed by atoms with E-state index in [1.54, 1.807) is 26.8 Å². The van der Waals surface area contributed by atoms with Crippen LogP contribution in [0.15, 0.2) is 18.2 Å². The Morgan fingerprint density at radius 3 is 2.76 bits per heavy atom. The molecular weight excluding hydrogens is 449 g/mol. The highest BCUT2D eigenvalue weighted by molar-refractivity contribution is 7.91. The van der Waals surface area contributed by atoms with Crippen molar-refractivity contribution < 1.29 is 22.3 Å². The van der Waals surface area contributed by atoms with Gasteiger partial charge < -0.3 is 20.3 Å². The molecule has 1 fully saturated rings. The van der Waals surface area contributed by atoms with Gasteiger partial charge in [-0.1, -0.05) is 0 Å². The molecule has 1 saturated heterocycles. The van der Waals surface area contributed by atoms with Gasteiger partial charge in [-0.05, 0) is 45.9 Å². The number of carbonyl (C=O) groups excluding carboxylic acids is 1. The Bertz CT molecular complexity index is 1200. The van der Waals surface area contributed by atoms with Gasteiger partial charge in [0.25, 0.3) is 0 Å². The largest absolute Gasteiger partial charge is 0.377 e. The number of hydrogen-bond donors (Lipinski definition) is 2. The lowest BCUT2D eigenvalue weighted by Crippen LogP contribution is -2.44. The van der Waals surface area contributed by atoms with E-state index in [0.29, 0.717) is 43.4 Å². The SMILES string of the molecule is CCNC(=O)Nc1ccc(-c2nc(N3CCOCC3C)c3c(n2)C(C)(C)S(=O)(=O)C3)c(F)c1. The maximum atomic E-state index is 15.1. The molecule has 0 saturated carbocycles. The van der Waals surface area contributed by atoms with Crippen molar-refractivity contribution >= 4 is 27.4 Å². The van der Waals surface area contributed by atoms with E-state index < -0.39 is 26.4 Å². The highest BCUT2D eigenvalue weighted by Gasteiger charge is 2.48. The van der Waals surface area contributed by atoms with Gasteiger partial charge in [-0.3, -0.25) is 0 Å². The lowest BCUT2D eigenvalue weighted by Gasteiger charge is -2.35. The number of hydrogen-bond acceptors (Lipinski definition) is 7. The molecule has 0 spiro atoms. The van der Waals surface area contributed by atoms with E-state index in [1.165, 1.54) is 12.1 Å². The second kappa shape index (κ2) is 8.53. The average Bonchev–Trinajstić information content (AvgIpc) is 2.92. The number of rotatable bonds is 4. The van der Waals surface area contributed by atoms with Crippen LogP contribution in [0.2, 0.25) is 0 Å². The molecule has 1 aromatic carbocycles. The summed E-state index contributed by atoms with van der Waals surface area (Å²) in [5.41, 5.74) is 1.37. The van der Waals surface area contributed by atoms with E-state index in [9.17, 15) is 13.2 Å². The first kappa shape index (κ1) is 23.4. The lowest BCUT2D eigenvalue weighted by molar-refractivity contribution is 0.0984. The summed E-state index contributed by atoms with van der Waals surface area (Å²) in [6, 6.07) is 3.78. The number of amides is 2. The van der Waals surface area contributed by atoms with Gasteiger partial charge in [-0.25, -0.2) is 27.6 Å². The number of carbonyl (C=O) groups is 1. The van der Waals surface area contributed by atoms with Crippen molar-refractivity contribution in [2.45, 2.75) is 44.2 Å². The third kappa shape index (κ3) is 4.15. The van der Waals surface area contributed by atoms with Crippen molar-refractivity contribution in [3.8, 4) is 11.4 Å². The average molecular weight is 478 g/mol. The summed E-state index contributed by atoms with van der Waals surface area (Å²) in [7, 11) is -3.51. The summed E-state index contributed by atoms with van der Waals surface area (Å²) in [6.45, 7) is 8.95. The number of ether oxygens (including phenoxy) is 1. The third-order valence-corrected chi connectivity index (χ3v) is 8.53. The summed E-state index contributed by atoms with van der Waals surface area (Å²) in [5, 5.41) is 5.15. The standard InChI is InChI=1S/C22H28FN5O4S/c1-5-24-21(29)25-14-6-7-15(17(23)10-14)19-26-18-16(12-33(30,31)22(18,3)4)20(27-19)28-8-9-32-11-13(28)2/h6-7,10,13H,5,8-9,11-12H2,1-4H3,(H2,24,25,29). The van der Waals surface area contributed by atoms with Gasteiger partial charge in [0.2, 0.25) is 0 Å². The number of morpholine rings is 1. The second-order valence-corrected chi connectivity index (χ2v) is 11.3. The van der Waals surface area contributed by atoms with Gasteiger partial charge in [-0.15, -0.1) is 0 Å². The van der Waals surface area contributed by atoms with Crippen LogP contribution in [-0.4, -0.2) is 56.8 Å². The maximum Gasteiger partial charge on any atom is 0.319 e. The van der Waals surface area contributed by atoms with E-state index in [0.717, 1.165) is 0 Å². The Hall–Kier alpha value is -2.79. The summed E-state index contributed by atoms with van der Waals surface area (Å²) >= 11 is 0. The minimum atomic E-state index is -3.51. The minimum absolute atomic E-state index is 0.0227. The van der Waals surface area contributed by atoms with Crippen LogP contribution in [0.1, 0.15) is 39.0 Å². The molecule has 2 aliphatic heterocycles. The van der Waals surface area contributed by atoms with Crippen LogP contribution < -0.4 is 15.5 Å². The van der Waals surface area contributed by atoms with Crippen molar-refractivity contribution in [3.63, 3.8) is 0 Å². The number of urea groups is 1. The van der Waals surface area contributed by atoms with Crippen LogP contribution in [0.4, 0.5) is 20.7 Å². The van der Waals surface area contributed by atoms with Gasteiger partial charge in [0.1, 0.15) is 16.4 Å². The topological polar surface area (TPSA) is 114 Å². The van der Waals surface area contributed by atoms with Crippen LogP contribution in [0.5, 0.6) is 0 Å². The summed E-state index contributed by atoms with van der Waals surface area (Å²) in [4.78, 5) is 23.0. The fourth-order valence-electron chi connectivity index (χ4n) is 4.13. The van der Waals surface area contributed by atoms with E-state index in [4.69, 9.17) is 4.74 Å². The number of nitrogens with zero attached hydrogens (tertiary/aromatic N) is 3. The predicted molar refractivity (Wildman–Crippen MR) is 123 cm³/mol. The number of benzene rings is 1. The molecular formula is C22H28FN5O4S. The number of halogens is 1. The molecule has 2 amide bonds. The highest BCUT2D eigenvalue weighted by atomic mass is 32.2. The monoisotopic (exact) mass is 477 g/mol. The smallest absolute Gasteiger partial charge is 0.319 e. The molecule has 2 aliphatic rings. The molecule has 2 aromatic rings. The van der Waals surface area contributed by atoms with Crippen LogP contribution >= 0.6 is 0 Å². The Morgan fingerprint density at radius 1 is 1.33 bits per heavy atom. The molecule has 0 aliphatic carbocycles. The van der Waals surface area contributed by atoms with Crippen LogP contribution in [0, 0.1) is 5.82 Å². The van der Waals surface area contributed by atoms with Crippen LogP contribution in [0.3, 0.4) is 0 Å². The zero-order chi connectivity index (χ0) is 24.0. The Labute approximate surface area is 192 Å². The third-order valence-electron chi connectivity index (χ3n) is 6.11. The fraction of sp³-hybridized carbons (Fsp3) is 0.500. The maximum absolute atomic E-state index is 15.1. The molecule has 3 heterocycles. The van der Waals surface area contributed by atoms with Crippen molar-refractivity contribution in [2.24, 2.45) is 0 Å². The first-order valence-electron chi connectivity index (χ1n) is 10.9. The fourth-order valence-corrected chi connectivity index (χ4v) is 5.60. The molecule has 178 valence electrons. The molecule has 9 nitrogen and oxygen atoms in total. The Morgan fingerprint density at radius 2 is 2.09 bits per heavy atom. The summed E-state index contributed by atoms with van der Waals surface area (Å²) in [6.07, 6.45) is 0. The molecule has 1 aromatic heterocycles. The minimum Gasteiger partial charge on any atom is -0.377 e. The molecule has 1 unspecified atom stereocenters. The number of nitrogens with one attached hydrogen (secondary N) is 2. The first-order valence-corrected chi connectivity index (χ1v) is 12.5. The zero-order valence-corrected chi connectivity index (χ0v) is 19.9. The van der Waals surface area contributed by atoms with Crippen molar-refractivity contribution in [2.75, 3.05) is 36.5 Å². The quantitative estimate of drug-likeness (QED) is 0.696. The molecule has 1 atom stereocenters. The molecule has 0 bridgehead atoms. The predicted octanol–water partition coefficient (Wildman–Crippen LogP) is 2.81. The number of aromatic nitrogens is 2. The molecule has 2 N–H and O–H groups in total. The van der Waals surface area contributed by atoms with Crippen LogP contribution in [0.25, 0.3) is 11.4 Å². The normalized spacial score (nSPS) is 20.9. The lowest BCUT2D eigenvalue weighted by atomic mass is 10.0. The van der Waals surface area contributed by atoms with E-state index in [1.807, 2.05) is 11.8 Å². The van der Waals surface area contributed by atoms with Crippen molar-refractivity contribution in [1.29, 1.82) is 0 Å². The van der Waals surface area contributed by atoms with Crippen molar-refractivity contribution in [3.05, 3.63) is 35.3 Å². The molecule has 4 rings (SSSR count). The highest BCUT2D eigenvalue weighted by Crippen LogP contribution is 2.45. The Balaban J connectivity index is 1.82.